The van der Waals surface area contributed by atoms with Gasteiger partial charge in [0.05, 0.1) is 54.9 Å². The van der Waals surface area contributed by atoms with Crippen LogP contribution in [-0.2, 0) is 11.0 Å². The first-order chi connectivity index (χ1) is 18.2. The van der Waals surface area contributed by atoms with Crippen LogP contribution in [0.1, 0.15) is 5.56 Å². The Morgan fingerprint density at radius 2 is 1.63 bits per heavy atom. The second-order valence-electron chi connectivity index (χ2n) is 7.79. The van der Waals surface area contributed by atoms with E-state index in [0.717, 1.165) is 22.4 Å². The number of rotatable bonds is 8. The number of benzene rings is 3. The summed E-state index contributed by atoms with van der Waals surface area (Å²) >= 11 is 0.824. The Balaban J connectivity index is 1.72. The third-order valence-electron chi connectivity index (χ3n) is 5.51. The molecule has 4 rings (SSSR count). The van der Waals surface area contributed by atoms with E-state index in [-0.39, 0.29) is 33.5 Å². The van der Waals surface area contributed by atoms with Crippen LogP contribution in [0.25, 0.3) is 16.6 Å². The summed E-state index contributed by atoms with van der Waals surface area (Å²) in [4.78, 5) is 30.7. The fraction of sp³-hybridized carbons (Fsp3) is 0.192. The first kappa shape index (κ1) is 26.9. The highest BCUT2D eigenvalue weighted by atomic mass is 32.2. The fourth-order valence-electron chi connectivity index (χ4n) is 3.85. The molecular formula is C26H22F3N3O5S. The lowest BCUT2D eigenvalue weighted by atomic mass is 10.1. The first-order valence-electron chi connectivity index (χ1n) is 11.1. The van der Waals surface area contributed by atoms with E-state index in [1.165, 1.54) is 45.6 Å². The Morgan fingerprint density at radius 1 is 0.947 bits per heavy atom. The number of para-hydroxylation sites is 2. The molecule has 0 radical (unpaired) electrons. The molecule has 12 heteroatoms. The molecule has 0 bridgehead atoms. The van der Waals surface area contributed by atoms with Crippen molar-refractivity contribution < 1.29 is 32.2 Å². The molecule has 1 amide bonds. The average molecular weight is 546 g/mol. The molecule has 0 aliphatic carbocycles. The van der Waals surface area contributed by atoms with Gasteiger partial charge in [0.25, 0.3) is 5.56 Å². The van der Waals surface area contributed by atoms with Crippen molar-refractivity contribution in [2.45, 2.75) is 11.3 Å². The normalized spacial score (nSPS) is 11.3. The largest absolute Gasteiger partial charge is 0.493 e. The smallest absolute Gasteiger partial charge is 0.418 e. The maximum atomic E-state index is 13.8. The summed E-state index contributed by atoms with van der Waals surface area (Å²) in [5.41, 5.74) is -1.48. The van der Waals surface area contributed by atoms with Gasteiger partial charge in [0, 0.05) is 0 Å². The minimum Gasteiger partial charge on any atom is -0.493 e. The van der Waals surface area contributed by atoms with E-state index >= 15 is 0 Å². The number of alkyl halides is 3. The van der Waals surface area contributed by atoms with E-state index in [9.17, 15) is 22.8 Å². The van der Waals surface area contributed by atoms with E-state index in [2.05, 4.69) is 10.3 Å². The third-order valence-corrected chi connectivity index (χ3v) is 6.44. The quantitative estimate of drug-likeness (QED) is 0.242. The van der Waals surface area contributed by atoms with Crippen LogP contribution >= 0.6 is 11.8 Å². The number of thioether (sulfide) groups is 1. The van der Waals surface area contributed by atoms with Crippen LogP contribution in [0.2, 0.25) is 0 Å². The molecule has 38 heavy (non-hydrogen) atoms. The summed E-state index contributed by atoms with van der Waals surface area (Å²) in [5.74, 6) is 0.110. The number of amides is 1. The molecule has 0 unspecified atom stereocenters. The highest BCUT2D eigenvalue weighted by Gasteiger charge is 2.34. The molecule has 3 aromatic carbocycles. The lowest BCUT2D eigenvalue weighted by molar-refractivity contribution is -0.137. The Labute approximate surface area is 219 Å². The van der Waals surface area contributed by atoms with Crippen LogP contribution < -0.4 is 25.1 Å². The molecule has 198 valence electrons. The minimum absolute atomic E-state index is 0.0696. The molecule has 4 aromatic rings. The Morgan fingerprint density at radius 3 is 2.32 bits per heavy atom. The Hall–Kier alpha value is -4.19. The number of fused-ring (bicyclic) bond motifs is 1. The maximum absolute atomic E-state index is 13.8. The van der Waals surface area contributed by atoms with Crippen LogP contribution in [0.3, 0.4) is 0 Å². The van der Waals surface area contributed by atoms with Gasteiger partial charge in [-0.05, 0) is 36.4 Å². The van der Waals surface area contributed by atoms with Crippen LogP contribution in [0.5, 0.6) is 17.2 Å². The van der Waals surface area contributed by atoms with Crippen LogP contribution in [-0.4, -0.2) is 42.5 Å². The van der Waals surface area contributed by atoms with E-state index < -0.39 is 23.2 Å². The number of methoxy groups -OCH3 is 3. The molecule has 0 fully saturated rings. The van der Waals surface area contributed by atoms with Gasteiger partial charge < -0.3 is 19.5 Å². The highest BCUT2D eigenvalue weighted by molar-refractivity contribution is 7.99. The Bertz CT molecular complexity index is 1560. The zero-order valence-corrected chi connectivity index (χ0v) is 21.3. The molecule has 0 saturated carbocycles. The number of ether oxygens (including phenoxy) is 3. The van der Waals surface area contributed by atoms with Gasteiger partial charge in [-0.1, -0.05) is 36.0 Å². The van der Waals surface area contributed by atoms with Crippen molar-refractivity contribution in [3.8, 4) is 22.9 Å². The monoisotopic (exact) mass is 545 g/mol. The van der Waals surface area contributed by atoms with E-state index in [0.29, 0.717) is 17.0 Å². The molecule has 0 atom stereocenters. The van der Waals surface area contributed by atoms with Gasteiger partial charge in [-0.15, -0.1) is 0 Å². The van der Waals surface area contributed by atoms with E-state index in [4.69, 9.17) is 14.2 Å². The van der Waals surface area contributed by atoms with Gasteiger partial charge in [-0.2, -0.15) is 13.2 Å². The zero-order chi connectivity index (χ0) is 27.4. The lowest BCUT2D eigenvalue weighted by Crippen LogP contribution is -2.25. The number of nitrogens with one attached hydrogen (secondary N) is 1. The molecule has 8 nitrogen and oxygen atoms in total. The predicted octanol–water partition coefficient (Wildman–Crippen LogP) is 5.16. The second-order valence-corrected chi connectivity index (χ2v) is 8.73. The number of anilines is 1. The van der Waals surface area contributed by atoms with Gasteiger partial charge in [-0.25, -0.2) is 4.98 Å². The van der Waals surface area contributed by atoms with Gasteiger partial charge in [0.15, 0.2) is 16.7 Å². The zero-order valence-electron chi connectivity index (χ0n) is 20.5. The molecule has 1 aromatic heterocycles. The number of aromatic nitrogens is 2. The van der Waals surface area contributed by atoms with Crippen molar-refractivity contribution >= 4 is 34.3 Å². The lowest BCUT2D eigenvalue weighted by Gasteiger charge is -2.18. The van der Waals surface area contributed by atoms with Gasteiger partial charge >= 0.3 is 6.18 Å². The molecule has 1 N–H and O–H groups in total. The van der Waals surface area contributed by atoms with Crippen molar-refractivity contribution in [3.05, 3.63) is 76.6 Å². The minimum atomic E-state index is -4.72. The SMILES string of the molecule is COc1ccc(NC(=O)CSc2nc3ccccc3c(=O)n2-c2ccccc2C(F)(F)F)c(OC)c1OC. The molecular weight excluding hydrogens is 523 g/mol. The number of carbonyl (C=O) groups is 1. The molecule has 0 saturated heterocycles. The topological polar surface area (TPSA) is 91.7 Å². The number of halogens is 3. The summed E-state index contributed by atoms with van der Waals surface area (Å²) in [5, 5.41) is 2.77. The highest BCUT2D eigenvalue weighted by Crippen LogP contribution is 2.42. The first-order valence-corrected chi connectivity index (χ1v) is 12.1. The summed E-state index contributed by atoms with van der Waals surface area (Å²) in [6.07, 6.45) is -4.72. The fourth-order valence-corrected chi connectivity index (χ4v) is 4.65. The van der Waals surface area contributed by atoms with E-state index in [1.807, 2.05) is 0 Å². The molecule has 0 aliphatic heterocycles. The standard InChI is InChI=1S/C26H22F3N3O5S/c1-35-20-13-12-18(22(36-2)23(20)37-3)30-21(33)14-38-25-31-17-10-6-4-8-15(17)24(34)32(25)19-11-7-5-9-16(19)26(27,28)29/h4-13H,14H2,1-3H3,(H,30,33). The van der Waals surface area contributed by atoms with E-state index in [1.54, 1.807) is 30.3 Å². The molecule has 1 heterocycles. The van der Waals surface area contributed by atoms with Crippen molar-refractivity contribution in [2.24, 2.45) is 0 Å². The van der Waals surface area contributed by atoms with Crippen molar-refractivity contribution in [1.29, 1.82) is 0 Å². The summed E-state index contributed by atoms with van der Waals surface area (Å²) in [7, 11) is 4.28. The second kappa shape index (κ2) is 11.1. The number of carbonyl (C=O) groups excluding carboxylic acids is 1. The maximum Gasteiger partial charge on any atom is 0.418 e. The number of hydrogen-bond acceptors (Lipinski definition) is 7. The number of nitrogens with zero attached hydrogens (tertiary/aromatic N) is 2. The molecule has 0 spiro atoms. The third kappa shape index (κ3) is 5.25. The summed E-state index contributed by atoms with van der Waals surface area (Å²) in [6.45, 7) is 0. The van der Waals surface area contributed by atoms with Gasteiger partial charge in [0.1, 0.15) is 0 Å². The van der Waals surface area contributed by atoms with Crippen LogP contribution in [0.4, 0.5) is 18.9 Å². The van der Waals surface area contributed by atoms with Gasteiger partial charge in [0.2, 0.25) is 11.7 Å². The summed E-state index contributed by atoms with van der Waals surface area (Å²) < 4.78 is 58.3. The molecule has 0 aliphatic rings. The van der Waals surface area contributed by atoms with Crippen molar-refractivity contribution in [1.82, 2.24) is 9.55 Å². The summed E-state index contributed by atoms with van der Waals surface area (Å²) in [6, 6.07) is 14.2. The predicted molar refractivity (Wildman–Crippen MR) is 138 cm³/mol. The van der Waals surface area contributed by atoms with Crippen molar-refractivity contribution in [3.63, 3.8) is 0 Å². The Kier molecular flexibility index (Phi) is 7.81. The number of hydrogen-bond donors (Lipinski definition) is 1. The van der Waals surface area contributed by atoms with Crippen molar-refractivity contribution in [2.75, 3.05) is 32.4 Å². The van der Waals surface area contributed by atoms with Crippen LogP contribution in [0.15, 0.2) is 70.6 Å². The van der Waals surface area contributed by atoms with Crippen LogP contribution in [0, 0.1) is 0 Å². The van der Waals surface area contributed by atoms with Gasteiger partial charge in [-0.3, -0.25) is 14.2 Å². The average Bonchev–Trinajstić information content (AvgIpc) is 2.91.